The molecule has 0 saturated heterocycles. The smallest absolute Gasteiger partial charge is 0.271 e. The molecule has 2 heterocycles. The minimum absolute atomic E-state index is 0.184. The number of likely N-dealkylation sites (N-methyl/N-ethyl adjacent to an activating group) is 1. The summed E-state index contributed by atoms with van der Waals surface area (Å²) < 4.78 is 24.9. The van der Waals surface area contributed by atoms with E-state index < -0.39 is 6.04 Å². The van der Waals surface area contributed by atoms with Gasteiger partial charge >= 0.3 is 0 Å². The largest absolute Gasteiger partial charge is 0.497 e. The standard InChI is InChI=1S/C29H32BrN3O6S/c1-8-32(9-2)28(35)25-16(3)31-29-33(26(25)19-14-18(36-4)10-11-21(19)37-5)27(34)24(40-29)13-17-12-20(30)23(39-7)15-22(17)38-6/h10-15,26H,8-9H2,1-7H3/b24-13+/t26-/m0/s1. The van der Waals surface area contributed by atoms with Gasteiger partial charge in [0, 0.05) is 30.3 Å². The number of ether oxygens (including phenoxy) is 4. The third-order valence-electron chi connectivity index (χ3n) is 6.82. The monoisotopic (exact) mass is 629 g/mol. The van der Waals surface area contributed by atoms with Gasteiger partial charge in [-0.05, 0) is 67.0 Å². The molecule has 4 rings (SSSR count). The van der Waals surface area contributed by atoms with Crippen LogP contribution in [0.25, 0.3) is 6.08 Å². The number of hydrogen-bond donors (Lipinski definition) is 0. The summed E-state index contributed by atoms with van der Waals surface area (Å²) in [6.07, 6.45) is 1.76. The highest BCUT2D eigenvalue weighted by Crippen LogP contribution is 2.38. The lowest BCUT2D eigenvalue weighted by Gasteiger charge is -2.30. The van der Waals surface area contributed by atoms with Gasteiger partial charge in [-0.15, -0.1) is 0 Å². The summed E-state index contributed by atoms with van der Waals surface area (Å²) >= 11 is 4.76. The molecule has 0 unspecified atom stereocenters. The molecule has 1 aromatic heterocycles. The number of amides is 1. The highest BCUT2D eigenvalue weighted by Gasteiger charge is 2.36. The van der Waals surface area contributed by atoms with Gasteiger partial charge in [0.2, 0.25) is 0 Å². The Morgan fingerprint density at radius 2 is 1.70 bits per heavy atom. The molecule has 1 amide bonds. The van der Waals surface area contributed by atoms with Gasteiger partial charge < -0.3 is 23.8 Å². The van der Waals surface area contributed by atoms with Crippen molar-refractivity contribution in [1.82, 2.24) is 9.47 Å². The Hall–Kier alpha value is -3.57. The predicted octanol–water partition coefficient (Wildman–Crippen LogP) is 3.90. The van der Waals surface area contributed by atoms with Crippen molar-refractivity contribution in [3.8, 4) is 23.0 Å². The molecule has 11 heteroatoms. The lowest BCUT2D eigenvalue weighted by molar-refractivity contribution is -0.127. The van der Waals surface area contributed by atoms with Crippen LogP contribution in [0.4, 0.5) is 0 Å². The number of fused-ring (bicyclic) bond motifs is 1. The van der Waals surface area contributed by atoms with Gasteiger partial charge in [0.05, 0.1) is 48.7 Å². The molecular weight excluding hydrogens is 598 g/mol. The Balaban J connectivity index is 2.04. The fraction of sp³-hybridized carbons (Fsp3) is 0.345. The van der Waals surface area contributed by atoms with Gasteiger partial charge in [0.25, 0.3) is 11.5 Å². The van der Waals surface area contributed by atoms with Crippen molar-refractivity contribution in [1.29, 1.82) is 0 Å². The van der Waals surface area contributed by atoms with Crippen LogP contribution in [0.1, 0.15) is 37.9 Å². The quantitative estimate of drug-likeness (QED) is 0.357. The summed E-state index contributed by atoms with van der Waals surface area (Å²) in [5.41, 5.74) is 1.99. The Kier molecular flexibility index (Phi) is 9.05. The molecule has 0 N–H and O–H groups in total. The van der Waals surface area contributed by atoms with E-state index in [2.05, 4.69) is 15.9 Å². The molecule has 0 fully saturated rings. The second kappa shape index (κ2) is 12.3. The van der Waals surface area contributed by atoms with Crippen molar-refractivity contribution in [3.63, 3.8) is 0 Å². The maximum atomic E-state index is 14.1. The third kappa shape index (κ3) is 5.27. The molecule has 0 saturated carbocycles. The summed E-state index contributed by atoms with van der Waals surface area (Å²) in [6.45, 7) is 6.69. The number of nitrogens with zero attached hydrogens (tertiary/aromatic N) is 3. The summed E-state index contributed by atoms with van der Waals surface area (Å²) in [4.78, 5) is 35.0. The first-order valence-corrected chi connectivity index (χ1v) is 14.3. The van der Waals surface area contributed by atoms with E-state index in [1.807, 2.05) is 19.9 Å². The molecule has 1 aliphatic heterocycles. The molecule has 1 aliphatic rings. The first-order valence-electron chi connectivity index (χ1n) is 12.7. The normalized spacial score (nSPS) is 14.9. The third-order valence-corrected chi connectivity index (χ3v) is 8.43. The van der Waals surface area contributed by atoms with Crippen LogP contribution in [0.2, 0.25) is 0 Å². The molecule has 0 bridgehead atoms. The SMILES string of the molecule is CCN(CC)C(=O)C1=C(C)N=c2s/c(=C/c3cc(Br)c(OC)cc3OC)c(=O)n2[C@H]1c1cc(OC)ccc1OC. The summed E-state index contributed by atoms with van der Waals surface area (Å²) in [7, 11) is 6.26. The number of halogens is 1. The van der Waals surface area contributed by atoms with E-state index in [0.717, 1.165) is 4.47 Å². The van der Waals surface area contributed by atoms with Crippen molar-refractivity contribution in [2.45, 2.75) is 26.8 Å². The molecule has 3 aromatic rings. The molecule has 0 radical (unpaired) electrons. The van der Waals surface area contributed by atoms with Crippen LogP contribution in [0.3, 0.4) is 0 Å². The van der Waals surface area contributed by atoms with Crippen molar-refractivity contribution in [3.05, 3.63) is 76.9 Å². The van der Waals surface area contributed by atoms with Crippen molar-refractivity contribution in [2.75, 3.05) is 41.5 Å². The van der Waals surface area contributed by atoms with Crippen LogP contribution in [0.5, 0.6) is 23.0 Å². The van der Waals surface area contributed by atoms with E-state index >= 15 is 0 Å². The zero-order chi connectivity index (χ0) is 29.1. The number of carbonyl (C=O) groups excluding carboxylic acids is 1. The van der Waals surface area contributed by atoms with E-state index in [9.17, 15) is 9.59 Å². The van der Waals surface area contributed by atoms with Gasteiger partial charge in [0.15, 0.2) is 4.80 Å². The van der Waals surface area contributed by atoms with Crippen LogP contribution in [-0.4, -0.2) is 56.9 Å². The van der Waals surface area contributed by atoms with E-state index in [-0.39, 0.29) is 11.5 Å². The highest BCUT2D eigenvalue weighted by molar-refractivity contribution is 9.10. The van der Waals surface area contributed by atoms with Gasteiger partial charge in [-0.25, -0.2) is 4.99 Å². The molecule has 9 nitrogen and oxygen atoms in total. The second-order valence-corrected chi connectivity index (χ2v) is 10.8. The van der Waals surface area contributed by atoms with E-state index in [0.29, 0.717) is 67.8 Å². The van der Waals surface area contributed by atoms with E-state index in [4.69, 9.17) is 23.9 Å². The van der Waals surface area contributed by atoms with Crippen LogP contribution in [0, 0.1) is 0 Å². The zero-order valence-electron chi connectivity index (χ0n) is 23.5. The maximum Gasteiger partial charge on any atom is 0.271 e. The summed E-state index contributed by atoms with van der Waals surface area (Å²) in [5.74, 6) is 2.08. The van der Waals surface area contributed by atoms with Crippen LogP contribution >= 0.6 is 27.3 Å². The maximum absolute atomic E-state index is 14.1. The number of allylic oxidation sites excluding steroid dienone is 1. The first kappa shape index (κ1) is 29.4. The molecule has 0 aliphatic carbocycles. The van der Waals surface area contributed by atoms with Crippen LogP contribution in [0.15, 0.2) is 55.9 Å². The van der Waals surface area contributed by atoms with Crippen LogP contribution in [-0.2, 0) is 4.79 Å². The average molecular weight is 631 g/mol. The number of rotatable bonds is 9. The Morgan fingerprint density at radius 3 is 2.30 bits per heavy atom. The Labute approximate surface area is 245 Å². The number of benzene rings is 2. The van der Waals surface area contributed by atoms with Gasteiger partial charge in [0.1, 0.15) is 29.0 Å². The van der Waals surface area contributed by atoms with Gasteiger partial charge in [-0.1, -0.05) is 11.3 Å². The topological polar surface area (TPSA) is 91.6 Å². The van der Waals surface area contributed by atoms with Gasteiger partial charge in [-0.2, -0.15) is 0 Å². The molecule has 2 aromatic carbocycles. The molecule has 212 valence electrons. The number of methoxy groups -OCH3 is 4. The Bertz CT molecular complexity index is 1660. The van der Waals surface area contributed by atoms with Crippen molar-refractivity contribution < 1.29 is 23.7 Å². The van der Waals surface area contributed by atoms with Crippen molar-refractivity contribution >= 4 is 39.2 Å². The second-order valence-electron chi connectivity index (χ2n) is 8.90. The number of aromatic nitrogens is 1. The van der Waals surface area contributed by atoms with Crippen LogP contribution < -0.4 is 33.8 Å². The molecular formula is C29H32BrN3O6S. The summed E-state index contributed by atoms with van der Waals surface area (Å²) in [6, 6.07) is 8.17. The molecule has 40 heavy (non-hydrogen) atoms. The predicted molar refractivity (Wildman–Crippen MR) is 158 cm³/mol. The number of hydrogen-bond acceptors (Lipinski definition) is 8. The fourth-order valence-electron chi connectivity index (χ4n) is 4.76. The Morgan fingerprint density at radius 1 is 1.02 bits per heavy atom. The lowest BCUT2D eigenvalue weighted by Crippen LogP contribution is -2.43. The average Bonchev–Trinajstić information content (AvgIpc) is 3.26. The highest BCUT2D eigenvalue weighted by atomic mass is 79.9. The number of thiazole rings is 1. The molecule has 1 atom stereocenters. The lowest BCUT2D eigenvalue weighted by atomic mass is 9.93. The fourth-order valence-corrected chi connectivity index (χ4v) is 6.32. The molecule has 0 spiro atoms. The minimum atomic E-state index is -0.777. The summed E-state index contributed by atoms with van der Waals surface area (Å²) in [5, 5.41) is 0. The van der Waals surface area contributed by atoms with E-state index in [1.165, 1.54) is 11.3 Å². The minimum Gasteiger partial charge on any atom is -0.497 e. The first-order chi connectivity index (χ1) is 19.2. The van der Waals surface area contributed by atoms with E-state index in [1.54, 1.807) is 75.2 Å². The number of carbonyl (C=O) groups is 1. The zero-order valence-corrected chi connectivity index (χ0v) is 25.9. The van der Waals surface area contributed by atoms with Gasteiger partial charge in [-0.3, -0.25) is 14.2 Å². The van der Waals surface area contributed by atoms with Crippen molar-refractivity contribution in [2.24, 2.45) is 4.99 Å².